The number of rotatable bonds is 2. The molecule has 1 aromatic carbocycles. The summed E-state index contributed by atoms with van der Waals surface area (Å²) < 4.78 is 5.51. The molecule has 1 saturated carbocycles. The maximum atomic E-state index is 12.4. The van der Waals surface area contributed by atoms with E-state index in [1.54, 1.807) is 0 Å². The topological polar surface area (TPSA) is 29.5 Å². The van der Waals surface area contributed by atoms with E-state index < -0.39 is 5.60 Å². The van der Waals surface area contributed by atoms with Crippen molar-refractivity contribution in [3.8, 4) is 0 Å². The minimum absolute atomic E-state index is 0.0331. The van der Waals surface area contributed by atoms with E-state index in [2.05, 4.69) is 15.9 Å². The molecule has 1 aromatic rings. The Kier molecular flexibility index (Phi) is 4.40. The standard InChI is InChI=1S/C17H20BrCl2NO2/c1-16(2,3)23-15(22)21-8-12-11(7-18)17(12,9-21)10-4-5-13(19)14(20)6-10/h4-6,11-12H,7-9H2,1-3H3/t11-,12-,17-/m1/s1. The number of benzene rings is 1. The zero-order chi connectivity index (χ0) is 17.0. The molecule has 3 nitrogen and oxygen atoms in total. The van der Waals surface area contributed by atoms with Gasteiger partial charge in [-0.05, 0) is 50.3 Å². The Morgan fingerprint density at radius 3 is 2.65 bits per heavy atom. The number of likely N-dealkylation sites (tertiary alicyclic amines) is 1. The van der Waals surface area contributed by atoms with Crippen molar-refractivity contribution in [1.82, 2.24) is 4.90 Å². The fraction of sp³-hybridized carbons (Fsp3) is 0.588. The fourth-order valence-electron chi connectivity index (χ4n) is 3.76. The summed E-state index contributed by atoms with van der Waals surface area (Å²) in [6, 6.07) is 5.81. The molecular weight excluding hydrogens is 401 g/mol. The highest BCUT2D eigenvalue weighted by Gasteiger charge is 2.69. The van der Waals surface area contributed by atoms with Crippen molar-refractivity contribution in [2.75, 3.05) is 18.4 Å². The van der Waals surface area contributed by atoms with Gasteiger partial charge in [0.05, 0.1) is 10.0 Å². The van der Waals surface area contributed by atoms with Gasteiger partial charge < -0.3 is 9.64 Å². The number of halogens is 3. The Hall–Kier alpha value is -0.450. The number of alkyl halides is 1. The summed E-state index contributed by atoms with van der Waals surface area (Å²) in [7, 11) is 0. The van der Waals surface area contributed by atoms with Crippen molar-refractivity contribution in [3.05, 3.63) is 33.8 Å². The number of hydrogen-bond acceptors (Lipinski definition) is 2. The number of nitrogens with zero attached hydrogens (tertiary/aromatic N) is 1. The van der Waals surface area contributed by atoms with Crippen LogP contribution in [0.25, 0.3) is 0 Å². The van der Waals surface area contributed by atoms with Gasteiger partial charge in [0, 0.05) is 23.8 Å². The second kappa shape index (κ2) is 5.82. The first kappa shape index (κ1) is 17.4. The van der Waals surface area contributed by atoms with E-state index >= 15 is 0 Å². The van der Waals surface area contributed by atoms with Crippen molar-refractivity contribution in [2.24, 2.45) is 11.8 Å². The molecule has 1 saturated heterocycles. The van der Waals surface area contributed by atoms with E-state index in [0.717, 1.165) is 17.4 Å². The van der Waals surface area contributed by atoms with E-state index in [1.165, 1.54) is 0 Å². The molecule has 23 heavy (non-hydrogen) atoms. The number of hydrogen-bond donors (Lipinski definition) is 0. The van der Waals surface area contributed by atoms with E-state index in [4.69, 9.17) is 27.9 Å². The molecule has 0 bridgehead atoms. The molecule has 0 spiro atoms. The van der Waals surface area contributed by atoms with Gasteiger partial charge in [-0.1, -0.05) is 45.2 Å². The third-order valence-electron chi connectivity index (χ3n) is 4.84. The Balaban J connectivity index is 1.83. The van der Waals surface area contributed by atoms with Crippen LogP contribution in [0.2, 0.25) is 10.0 Å². The zero-order valence-corrected chi connectivity index (χ0v) is 16.5. The number of carbonyl (C=O) groups is 1. The summed E-state index contributed by atoms with van der Waals surface area (Å²) in [4.78, 5) is 14.2. The average molecular weight is 421 g/mol. The molecule has 2 aliphatic rings. The molecule has 1 heterocycles. The molecule has 1 aliphatic carbocycles. The molecule has 3 atom stereocenters. The van der Waals surface area contributed by atoms with Gasteiger partial charge in [0.2, 0.25) is 0 Å². The van der Waals surface area contributed by atoms with Crippen molar-refractivity contribution >= 4 is 45.2 Å². The summed E-state index contributed by atoms with van der Waals surface area (Å²) in [5.41, 5.74) is 0.650. The zero-order valence-electron chi connectivity index (χ0n) is 13.4. The highest BCUT2D eigenvalue weighted by Crippen LogP contribution is 2.65. The molecule has 6 heteroatoms. The molecule has 0 unspecified atom stereocenters. The van der Waals surface area contributed by atoms with Crippen LogP contribution in [0.3, 0.4) is 0 Å². The fourth-order valence-corrected chi connectivity index (χ4v) is 5.09. The highest BCUT2D eigenvalue weighted by atomic mass is 79.9. The van der Waals surface area contributed by atoms with Gasteiger partial charge in [-0.25, -0.2) is 4.79 Å². The lowest BCUT2D eigenvalue weighted by Crippen LogP contribution is -2.39. The van der Waals surface area contributed by atoms with Crippen LogP contribution in [-0.4, -0.2) is 35.0 Å². The lowest BCUT2D eigenvalue weighted by Gasteiger charge is -2.27. The van der Waals surface area contributed by atoms with Gasteiger partial charge in [0.1, 0.15) is 5.60 Å². The van der Waals surface area contributed by atoms with Crippen LogP contribution < -0.4 is 0 Å². The van der Waals surface area contributed by atoms with Crippen molar-refractivity contribution in [3.63, 3.8) is 0 Å². The van der Waals surface area contributed by atoms with Crippen molar-refractivity contribution in [1.29, 1.82) is 0 Å². The second-order valence-corrected chi connectivity index (χ2v) is 8.86. The SMILES string of the molecule is CC(C)(C)OC(=O)N1C[C@@H]2[C@@H](CBr)[C@]2(c2ccc(Cl)c(Cl)c2)C1. The van der Waals surface area contributed by atoms with Crippen LogP contribution in [0.4, 0.5) is 4.79 Å². The second-order valence-electron chi connectivity index (χ2n) is 7.40. The molecule has 0 radical (unpaired) electrons. The summed E-state index contributed by atoms with van der Waals surface area (Å²) in [6.45, 7) is 7.05. The van der Waals surface area contributed by atoms with Crippen LogP contribution in [0, 0.1) is 11.8 Å². The van der Waals surface area contributed by atoms with Crippen LogP contribution in [0.5, 0.6) is 0 Å². The predicted molar refractivity (Wildman–Crippen MR) is 96.7 cm³/mol. The first-order valence-electron chi connectivity index (χ1n) is 7.68. The molecule has 0 N–H and O–H groups in total. The molecule has 2 fully saturated rings. The molecule has 1 aliphatic heterocycles. The van der Waals surface area contributed by atoms with E-state index in [-0.39, 0.29) is 11.5 Å². The molecule has 0 aromatic heterocycles. The maximum absolute atomic E-state index is 12.4. The van der Waals surface area contributed by atoms with Crippen LogP contribution >= 0.6 is 39.1 Å². The number of amides is 1. The van der Waals surface area contributed by atoms with Gasteiger partial charge in [0.15, 0.2) is 0 Å². The largest absolute Gasteiger partial charge is 0.444 e. The molecular formula is C17H20BrCl2NO2. The number of carbonyl (C=O) groups excluding carboxylic acids is 1. The quantitative estimate of drug-likeness (QED) is 0.621. The minimum Gasteiger partial charge on any atom is -0.444 e. The van der Waals surface area contributed by atoms with Gasteiger partial charge in [-0.3, -0.25) is 0 Å². The first-order chi connectivity index (χ1) is 10.7. The lowest BCUT2D eigenvalue weighted by molar-refractivity contribution is 0.0263. The van der Waals surface area contributed by atoms with Gasteiger partial charge in [-0.2, -0.15) is 0 Å². The normalized spacial score (nSPS) is 29.4. The highest BCUT2D eigenvalue weighted by molar-refractivity contribution is 9.09. The Bertz CT molecular complexity index is 646. The third-order valence-corrected chi connectivity index (χ3v) is 6.28. The van der Waals surface area contributed by atoms with Gasteiger partial charge in [-0.15, -0.1) is 0 Å². The van der Waals surface area contributed by atoms with E-state index in [9.17, 15) is 4.79 Å². The summed E-state index contributed by atoms with van der Waals surface area (Å²) in [5.74, 6) is 0.949. The smallest absolute Gasteiger partial charge is 0.410 e. The lowest BCUT2D eigenvalue weighted by atomic mass is 9.93. The van der Waals surface area contributed by atoms with E-state index in [1.807, 2.05) is 43.9 Å². The predicted octanol–water partition coefficient (Wildman–Crippen LogP) is 5.12. The minimum atomic E-state index is -0.477. The van der Waals surface area contributed by atoms with Crippen LogP contribution in [0.1, 0.15) is 26.3 Å². The molecule has 1 amide bonds. The Morgan fingerprint density at radius 1 is 1.39 bits per heavy atom. The Labute approximate surface area is 155 Å². The third kappa shape index (κ3) is 2.98. The number of fused-ring (bicyclic) bond motifs is 1. The van der Waals surface area contributed by atoms with Crippen molar-refractivity contribution in [2.45, 2.75) is 31.8 Å². The number of ether oxygens (including phenoxy) is 1. The van der Waals surface area contributed by atoms with Crippen LogP contribution in [0.15, 0.2) is 18.2 Å². The maximum Gasteiger partial charge on any atom is 0.410 e. The average Bonchev–Trinajstić information content (AvgIpc) is 2.87. The van der Waals surface area contributed by atoms with Gasteiger partial charge >= 0.3 is 6.09 Å². The molecule has 126 valence electrons. The Morgan fingerprint density at radius 2 is 2.09 bits per heavy atom. The monoisotopic (exact) mass is 419 g/mol. The van der Waals surface area contributed by atoms with Crippen LogP contribution in [-0.2, 0) is 10.2 Å². The van der Waals surface area contributed by atoms with Gasteiger partial charge in [0.25, 0.3) is 0 Å². The van der Waals surface area contributed by atoms with Crippen molar-refractivity contribution < 1.29 is 9.53 Å². The summed E-state index contributed by atoms with van der Waals surface area (Å²) >= 11 is 15.9. The summed E-state index contributed by atoms with van der Waals surface area (Å²) in [5, 5.41) is 2.04. The molecule has 3 rings (SSSR count). The van der Waals surface area contributed by atoms with E-state index in [0.29, 0.717) is 28.4 Å². The first-order valence-corrected chi connectivity index (χ1v) is 9.56. The number of piperidine rings is 1. The summed E-state index contributed by atoms with van der Waals surface area (Å²) in [6.07, 6.45) is -0.238.